The van der Waals surface area contributed by atoms with Gasteiger partial charge in [0.25, 0.3) is 0 Å². The van der Waals surface area contributed by atoms with Crippen LogP contribution in [0.5, 0.6) is 0 Å². The van der Waals surface area contributed by atoms with Crippen molar-refractivity contribution in [2.45, 2.75) is 18.5 Å². The van der Waals surface area contributed by atoms with Gasteiger partial charge >= 0.3 is 0 Å². The van der Waals surface area contributed by atoms with Gasteiger partial charge in [0.2, 0.25) is 0 Å². The smallest absolute Gasteiger partial charge is 0.185 e. The molecule has 0 aliphatic carbocycles. The molecule has 2 aliphatic heterocycles. The second-order valence-corrected chi connectivity index (χ2v) is 7.74. The van der Waals surface area contributed by atoms with Crippen LogP contribution in [0.4, 0.5) is 10.1 Å². The van der Waals surface area contributed by atoms with Crippen molar-refractivity contribution in [3.05, 3.63) is 76.6 Å². The highest BCUT2D eigenvalue weighted by atomic mass is 19.1. The van der Waals surface area contributed by atoms with Gasteiger partial charge in [-0.25, -0.2) is 14.8 Å². The van der Waals surface area contributed by atoms with Crippen molar-refractivity contribution in [2.24, 2.45) is 12.0 Å². The number of aliphatic imine (C=N–C) groups is 1. The third kappa shape index (κ3) is 3.31. The molecule has 3 aromatic rings. The summed E-state index contributed by atoms with van der Waals surface area (Å²) in [7, 11) is 3.74. The van der Waals surface area contributed by atoms with Crippen LogP contribution in [0, 0.1) is 5.82 Å². The summed E-state index contributed by atoms with van der Waals surface area (Å²) >= 11 is 0. The lowest BCUT2D eigenvalue weighted by Gasteiger charge is -2.28. The number of anilines is 1. The molecule has 2 atom stereocenters. The Hall–Kier alpha value is -3.43. The molecule has 0 saturated carbocycles. The summed E-state index contributed by atoms with van der Waals surface area (Å²) < 4.78 is 16.0. The molecule has 0 amide bonds. The lowest BCUT2D eigenvalue weighted by atomic mass is 9.82. The standard InChI is InChI=1S/C22H22FN7O/c1-24-9-12-3-5-13(6-4-12)20-19(22-26-11-27-30(22)2)21-18-15(17(31)10-25-21)7-14(23)8-16(18)28-29-20/h3-8,11,19-20,24,28-29H,9-10H2,1-2H3. The number of ketones is 1. The first-order chi connectivity index (χ1) is 15.1. The van der Waals surface area contributed by atoms with E-state index in [0.717, 1.165) is 17.7 Å². The normalized spacial score (nSPS) is 20.0. The average molecular weight is 419 g/mol. The van der Waals surface area contributed by atoms with E-state index >= 15 is 0 Å². The number of aryl methyl sites for hydroxylation is 1. The number of carbonyl (C=O) groups excluding carboxylic acids is 1. The van der Waals surface area contributed by atoms with Crippen molar-refractivity contribution in [1.29, 1.82) is 0 Å². The van der Waals surface area contributed by atoms with E-state index in [0.29, 0.717) is 28.4 Å². The van der Waals surface area contributed by atoms with Crippen molar-refractivity contribution in [2.75, 3.05) is 19.0 Å². The average Bonchev–Trinajstić information content (AvgIpc) is 3.11. The maximum Gasteiger partial charge on any atom is 0.185 e. The van der Waals surface area contributed by atoms with Crippen LogP contribution in [0.2, 0.25) is 0 Å². The number of hydrogen-bond donors (Lipinski definition) is 3. The highest BCUT2D eigenvalue weighted by Crippen LogP contribution is 2.40. The molecule has 0 bridgehead atoms. The second kappa shape index (κ2) is 7.68. The summed E-state index contributed by atoms with van der Waals surface area (Å²) in [5.74, 6) is -0.306. The predicted octanol–water partition coefficient (Wildman–Crippen LogP) is 2.11. The van der Waals surface area contributed by atoms with Crippen LogP contribution in [0.25, 0.3) is 0 Å². The highest BCUT2D eigenvalue weighted by Gasteiger charge is 2.40. The topological polar surface area (TPSA) is 96.2 Å². The van der Waals surface area contributed by atoms with Gasteiger partial charge in [-0.15, -0.1) is 0 Å². The molecule has 2 aliphatic rings. The fourth-order valence-electron chi connectivity index (χ4n) is 4.35. The number of hydrazine groups is 1. The summed E-state index contributed by atoms with van der Waals surface area (Å²) in [6, 6.07) is 10.6. The van der Waals surface area contributed by atoms with Gasteiger partial charge in [-0.1, -0.05) is 24.3 Å². The van der Waals surface area contributed by atoms with Crippen LogP contribution in [-0.4, -0.2) is 39.9 Å². The lowest BCUT2D eigenvalue weighted by molar-refractivity contribution is 0.0999. The monoisotopic (exact) mass is 419 g/mol. The molecule has 0 saturated heterocycles. The molecule has 3 heterocycles. The molecule has 2 unspecified atom stereocenters. The van der Waals surface area contributed by atoms with Gasteiger partial charge in [0.15, 0.2) is 5.78 Å². The van der Waals surface area contributed by atoms with E-state index in [1.165, 1.54) is 18.5 Å². The van der Waals surface area contributed by atoms with Crippen LogP contribution in [0.1, 0.15) is 44.8 Å². The van der Waals surface area contributed by atoms with E-state index < -0.39 is 5.82 Å². The zero-order valence-corrected chi connectivity index (χ0v) is 17.2. The Kier molecular flexibility index (Phi) is 4.84. The minimum absolute atomic E-state index is 0.0204. The number of carbonyl (C=O) groups is 1. The van der Waals surface area contributed by atoms with Gasteiger partial charge in [-0.2, -0.15) is 5.10 Å². The van der Waals surface area contributed by atoms with Gasteiger partial charge in [0, 0.05) is 24.7 Å². The van der Waals surface area contributed by atoms with E-state index in [9.17, 15) is 9.18 Å². The number of Topliss-reactive ketones (excluding diaryl/α,β-unsaturated/α-hetero) is 1. The van der Waals surface area contributed by atoms with Crippen molar-refractivity contribution in [3.8, 4) is 0 Å². The van der Waals surface area contributed by atoms with Gasteiger partial charge in [-0.05, 0) is 30.3 Å². The number of benzene rings is 2. The van der Waals surface area contributed by atoms with Crippen LogP contribution in [0.15, 0.2) is 47.7 Å². The third-order valence-electron chi connectivity index (χ3n) is 5.79. The van der Waals surface area contributed by atoms with Crippen molar-refractivity contribution >= 4 is 17.2 Å². The number of nitrogens with one attached hydrogen (secondary N) is 3. The van der Waals surface area contributed by atoms with Gasteiger partial charge < -0.3 is 10.7 Å². The Morgan fingerprint density at radius 2 is 2.06 bits per heavy atom. The first kappa shape index (κ1) is 19.5. The number of hydrogen-bond acceptors (Lipinski definition) is 7. The molecule has 2 aromatic carbocycles. The fourth-order valence-corrected chi connectivity index (χ4v) is 4.35. The quantitative estimate of drug-likeness (QED) is 0.600. The Morgan fingerprint density at radius 3 is 2.77 bits per heavy atom. The molecule has 3 N–H and O–H groups in total. The third-order valence-corrected chi connectivity index (χ3v) is 5.79. The maximum absolute atomic E-state index is 14.3. The van der Waals surface area contributed by atoms with E-state index in [1.807, 2.05) is 14.1 Å². The summed E-state index contributed by atoms with van der Waals surface area (Å²) in [6.45, 7) is 0.750. The molecule has 1 aromatic heterocycles. The SMILES string of the molecule is CNCc1ccc(C2NNc3cc(F)cc4c3C(=NCC4=O)C2c2ncnn2C)cc1. The largest absolute Gasteiger partial charge is 0.320 e. The summed E-state index contributed by atoms with van der Waals surface area (Å²) in [5, 5.41) is 7.40. The molecule has 158 valence electrons. The number of rotatable bonds is 4. The minimum atomic E-state index is -0.470. The molecular formula is C22H22FN7O. The molecule has 8 nitrogen and oxygen atoms in total. The zero-order valence-electron chi connectivity index (χ0n) is 17.2. The Labute approximate surface area is 178 Å². The van der Waals surface area contributed by atoms with Crippen molar-refractivity contribution in [1.82, 2.24) is 25.5 Å². The summed E-state index contributed by atoms with van der Waals surface area (Å²) in [5.41, 5.74) is 10.8. The molecule has 31 heavy (non-hydrogen) atoms. The number of aromatic nitrogens is 3. The summed E-state index contributed by atoms with van der Waals surface area (Å²) in [4.78, 5) is 21.7. The van der Waals surface area contributed by atoms with Crippen LogP contribution in [0.3, 0.4) is 0 Å². The van der Waals surface area contributed by atoms with Crippen molar-refractivity contribution < 1.29 is 9.18 Å². The first-order valence-electron chi connectivity index (χ1n) is 10.1. The zero-order chi connectivity index (χ0) is 21.5. The van der Waals surface area contributed by atoms with Gasteiger partial charge in [-0.3, -0.25) is 14.5 Å². The van der Waals surface area contributed by atoms with Crippen LogP contribution < -0.4 is 16.2 Å². The maximum atomic E-state index is 14.3. The predicted molar refractivity (Wildman–Crippen MR) is 115 cm³/mol. The number of nitrogens with zero attached hydrogens (tertiary/aromatic N) is 4. The Balaban J connectivity index is 1.69. The van der Waals surface area contributed by atoms with Crippen molar-refractivity contribution in [3.63, 3.8) is 0 Å². The minimum Gasteiger partial charge on any atom is -0.320 e. The second-order valence-electron chi connectivity index (χ2n) is 7.74. The van der Waals surface area contributed by atoms with E-state index in [1.54, 1.807) is 4.68 Å². The van der Waals surface area contributed by atoms with Crippen LogP contribution >= 0.6 is 0 Å². The fraction of sp³-hybridized carbons (Fsp3) is 0.273. The molecule has 9 heteroatoms. The molecular weight excluding hydrogens is 397 g/mol. The van der Waals surface area contributed by atoms with E-state index in [2.05, 4.69) is 55.5 Å². The first-order valence-corrected chi connectivity index (χ1v) is 10.1. The van der Waals surface area contributed by atoms with Gasteiger partial charge in [0.1, 0.15) is 24.5 Å². The molecule has 5 rings (SSSR count). The Morgan fingerprint density at radius 1 is 1.26 bits per heavy atom. The van der Waals surface area contributed by atoms with E-state index in [-0.39, 0.29) is 24.3 Å². The molecule has 0 radical (unpaired) electrons. The lowest BCUT2D eigenvalue weighted by Crippen LogP contribution is -2.34. The summed E-state index contributed by atoms with van der Waals surface area (Å²) in [6.07, 6.45) is 1.50. The van der Waals surface area contributed by atoms with Gasteiger partial charge in [0.05, 0.1) is 23.4 Å². The van der Waals surface area contributed by atoms with E-state index in [4.69, 9.17) is 0 Å². The molecule has 0 spiro atoms. The highest BCUT2D eigenvalue weighted by molar-refractivity contribution is 6.20. The molecule has 0 fully saturated rings. The number of halogens is 1. The van der Waals surface area contributed by atoms with Crippen LogP contribution in [-0.2, 0) is 13.6 Å². The Bertz CT molecular complexity index is 1190.